The lowest BCUT2D eigenvalue weighted by Crippen LogP contribution is -1.66. The summed E-state index contributed by atoms with van der Waals surface area (Å²) in [5.74, 6) is 0. The van der Waals surface area contributed by atoms with Crippen molar-refractivity contribution >= 4 is 15.9 Å². The molecule has 1 aliphatic carbocycles. The van der Waals surface area contributed by atoms with Gasteiger partial charge in [0.2, 0.25) is 0 Å². The molecule has 0 radical (unpaired) electrons. The predicted octanol–water partition coefficient (Wildman–Crippen LogP) is 3.01. The Morgan fingerprint density at radius 3 is 2.25 bits per heavy atom. The number of halogens is 1. The summed E-state index contributed by atoms with van der Waals surface area (Å²) in [6.07, 6.45) is 2.34. The fourth-order valence-corrected chi connectivity index (χ4v) is 1.26. The molecule has 8 heavy (non-hydrogen) atoms. The van der Waals surface area contributed by atoms with Crippen molar-refractivity contribution in [3.8, 4) is 0 Å². The van der Waals surface area contributed by atoms with Gasteiger partial charge in [-0.25, -0.2) is 0 Å². The van der Waals surface area contributed by atoms with Gasteiger partial charge in [0.15, 0.2) is 0 Å². The van der Waals surface area contributed by atoms with Gasteiger partial charge >= 0.3 is 0 Å². The van der Waals surface area contributed by atoms with Crippen molar-refractivity contribution in [3.63, 3.8) is 0 Å². The zero-order chi connectivity index (χ0) is 6.15. The van der Waals surface area contributed by atoms with Crippen LogP contribution < -0.4 is 0 Å². The van der Waals surface area contributed by atoms with Crippen LogP contribution in [0.3, 0.4) is 0 Å². The molecule has 0 aliphatic heterocycles. The minimum atomic E-state index is 1.15. The first kappa shape index (κ1) is 6.09. The molecule has 0 nitrogen and oxygen atoms in total. The van der Waals surface area contributed by atoms with Crippen molar-refractivity contribution < 1.29 is 0 Å². The van der Waals surface area contributed by atoms with Crippen molar-refractivity contribution in [1.29, 1.82) is 0 Å². The zero-order valence-corrected chi connectivity index (χ0v) is 6.59. The largest absolute Gasteiger partial charge is 0.0947 e. The summed E-state index contributed by atoms with van der Waals surface area (Å²) in [6, 6.07) is 0. The van der Waals surface area contributed by atoms with Gasteiger partial charge in [0.1, 0.15) is 0 Å². The summed E-state index contributed by atoms with van der Waals surface area (Å²) in [5.41, 5.74) is 2.69. The van der Waals surface area contributed by atoms with Crippen LogP contribution in [0.1, 0.15) is 19.8 Å². The maximum Gasteiger partial charge on any atom is 0.0190 e. The summed E-state index contributed by atoms with van der Waals surface area (Å²) in [5, 5.41) is 0. The van der Waals surface area contributed by atoms with Gasteiger partial charge in [-0.1, -0.05) is 28.1 Å². The van der Waals surface area contributed by atoms with Crippen LogP contribution in [0, 0.1) is 0 Å². The van der Waals surface area contributed by atoms with Crippen molar-refractivity contribution in [2.75, 3.05) is 0 Å². The van der Waals surface area contributed by atoms with E-state index in [9.17, 15) is 0 Å². The maximum atomic E-state index is 3.88. The third kappa shape index (κ3) is 0.873. The molecule has 0 saturated carbocycles. The molecule has 0 aromatic heterocycles. The average Bonchev–Trinajstić information content (AvgIpc) is 1.98. The van der Waals surface area contributed by atoms with Crippen molar-refractivity contribution in [1.82, 2.24) is 0 Å². The van der Waals surface area contributed by atoms with E-state index < -0.39 is 0 Å². The Morgan fingerprint density at radius 1 is 1.50 bits per heavy atom. The van der Waals surface area contributed by atoms with Crippen LogP contribution in [0.25, 0.3) is 0 Å². The molecular formula is C7H9Br. The first-order chi connectivity index (χ1) is 3.72. The van der Waals surface area contributed by atoms with Crippen molar-refractivity contribution in [3.05, 3.63) is 22.2 Å². The Hall–Kier alpha value is -0.0400. The Labute approximate surface area is 58.4 Å². The molecule has 0 aromatic carbocycles. The van der Waals surface area contributed by atoms with Gasteiger partial charge in [0.25, 0.3) is 0 Å². The number of hydrogen-bond acceptors (Lipinski definition) is 0. The average molecular weight is 173 g/mol. The molecule has 1 heteroatoms. The minimum absolute atomic E-state index is 1.15. The molecule has 0 bridgehead atoms. The van der Waals surface area contributed by atoms with Crippen molar-refractivity contribution in [2.24, 2.45) is 0 Å². The second-order valence-electron chi connectivity index (χ2n) is 2.20. The molecule has 0 atom stereocenters. The van der Waals surface area contributed by atoms with E-state index in [2.05, 4.69) is 29.4 Å². The fourth-order valence-electron chi connectivity index (χ4n) is 0.860. The van der Waals surface area contributed by atoms with Gasteiger partial charge in [-0.3, -0.25) is 0 Å². The smallest absolute Gasteiger partial charge is 0.0190 e. The summed E-state index contributed by atoms with van der Waals surface area (Å²) >= 11 is 3.45. The Balaban J connectivity index is 2.86. The minimum Gasteiger partial charge on any atom is -0.0947 e. The van der Waals surface area contributed by atoms with E-state index in [4.69, 9.17) is 0 Å². The van der Waals surface area contributed by atoms with Gasteiger partial charge < -0.3 is 0 Å². The first-order valence-corrected chi connectivity index (χ1v) is 3.54. The molecule has 1 aliphatic rings. The molecule has 0 amide bonds. The molecule has 0 spiro atoms. The van der Waals surface area contributed by atoms with E-state index in [1.54, 1.807) is 0 Å². The third-order valence-corrected chi connectivity index (χ3v) is 2.72. The van der Waals surface area contributed by atoms with Crippen molar-refractivity contribution in [2.45, 2.75) is 19.8 Å². The van der Waals surface area contributed by atoms with Gasteiger partial charge in [0.05, 0.1) is 0 Å². The van der Waals surface area contributed by atoms with Crippen LogP contribution >= 0.6 is 15.9 Å². The molecule has 0 unspecified atom stereocenters. The molecule has 0 saturated heterocycles. The molecule has 44 valence electrons. The van der Waals surface area contributed by atoms with Crippen LogP contribution in [0.4, 0.5) is 0 Å². The lowest BCUT2D eigenvalue weighted by Gasteiger charge is -1.89. The van der Waals surface area contributed by atoms with E-state index in [1.165, 1.54) is 22.0 Å². The zero-order valence-electron chi connectivity index (χ0n) is 5.00. The number of hydrogen-bond donors (Lipinski definition) is 0. The van der Waals surface area contributed by atoms with Crippen LogP contribution in [0.15, 0.2) is 22.2 Å². The SMILES string of the molecule is C=C1CCC(C)=C1Br. The highest BCUT2D eigenvalue weighted by molar-refractivity contribution is 9.12. The normalized spacial score (nSPS) is 20.5. The highest BCUT2D eigenvalue weighted by atomic mass is 79.9. The second-order valence-corrected chi connectivity index (χ2v) is 2.99. The van der Waals surface area contributed by atoms with Crippen LogP contribution in [-0.2, 0) is 0 Å². The molecule has 0 N–H and O–H groups in total. The monoisotopic (exact) mass is 172 g/mol. The van der Waals surface area contributed by atoms with Gasteiger partial charge in [-0.2, -0.15) is 0 Å². The number of rotatable bonds is 0. The summed E-state index contributed by atoms with van der Waals surface area (Å²) in [6.45, 7) is 6.02. The van der Waals surface area contributed by atoms with E-state index in [-0.39, 0.29) is 0 Å². The van der Waals surface area contributed by atoms with E-state index in [0.717, 1.165) is 6.42 Å². The second kappa shape index (κ2) is 2.06. The third-order valence-electron chi connectivity index (χ3n) is 1.49. The lowest BCUT2D eigenvalue weighted by molar-refractivity contribution is 1.01. The quantitative estimate of drug-likeness (QED) is 0.528. The number of allylic oxidation sites excluding steroid dienone is 3. The maximum absolute atomic E-state index is 3.88. The molecule has 1 rings (SSSR count). The fraction of sp³-hybridized carbons (Fsp3) is 0.429. The predicted molar refractivity (Wildman–Crippen MR) is 40.0 cm³/mol. The molecule has 0 aromatic rings. The Kier molecular flexibility index (Phi) is 1.57. The summed E-state index contributed by atoms with van der Waals surface area (Å²) in [7, 11) is 0. The topological polar surface area (TPSA) is 0 Å². The van der Waals surface area contributed by atoms with Gasteiger partial charge in [0, 0.05) is 4.48 Å². The van der Waals surface area contributed by atoms with Crippen LogP contribution in [0.2, 0.25) is 0 Å². The van der Waals surface area contributed by atoms with Gasteiger partial charge in [-0.15, -0.1) is 0 Å². The van der Waals surface area contributed by atoms with E-state index in [0.29, 0.717) is 0 Å². The van der Waals surface area contributed by atoms with E-state index in [1.807, 2.05) is 0 Å². The lowest BCUT2D eigenvalue weighted by atomic mass is 10.2. The Bertz CT molecular complexity index is 154. The Morgan fingerprint density at radius 2 is 2.12 bits per heavy atom. The highest BCUT2D eigenvalue weighted by Crippen LogP contribution is 2.33. The molecular weight excluding hydrogens is 164 g/mol. The summed E-state index contributed by atoms with van der Waals surface area (Å²) < 4.78 is 1.25. The first-order valence-electron chi connectivity index (χ1n) is 2.75. The standard InChI is InChI=1S/C7H9Br/c1-5-3-4-6(2)7(5)8/h1,3-4H2,2H3. The van der Waals surface area contributed by atoms with Crippen LogP contribution in [0.5, 0.6) is 0 Å². The van der Waals surface area contributed by atoms with E-state index >= 15 is 0 Å². The molecule has 0 fully saturated rings. The summed E-state index contributed by atoms with van der Waals surface area (Å²) in [4.78, 5) is 0. The van der Waals surface area contributed by atoms with Gasteiger partial charge in [-0.05, 0) is 25.3 Å². The molecule has 0 heterocycles. The van der Waals surface area contributed by atoms with Crippen LogP contribution in [-0.4, -0.2) is 0 Å². The highest BCUT2D eigenvalue weighted by Gasteiger charge is 2.10.